The number of benzene rings is 1. The van der Waals surface area contributed by atoms with Gasteiger partial charge >= 0.3 is 0 Å². The van der Waals surface area contributed by atoms with Crippen molar-refractivity contribution < 1.29 is 23.8 Å². The molecular formula is C22H29N3O5. The van der Waals surface area contributed by atoms with E-state index in [-0.39, 0.29) is 53.6 Å². The van der Waals surface area contributed by atoms with Gasteiger partial charge in [0.25, 0.3) is 5.91 Å². The second-order valence-electron chi connectivity index (χ2n) is 7.89. The molecule has 0 saturated carbocycles. The minimum atomic E-state index is -0.651. The van der Waals surface area contributed by atoms with Crippen LogP contribution in [-0.4, -0.2) is 80.3 Å². The van der Waals surface area contributed by atoms with Crippen molar-refractivity contribution in [1.82, 2.24) is 9.80 Å². The Morgan fingerprint density at radius 2 is 1.97 bits per heavy atom. The Kier molecular flexibility index (Phi) is 6.95. The molecule has 8 nitrogen and oxygen atoms in total. The summed E-state index contributed by atoms with van der Waals surface area (Å²) in [6.07, 6.45) is 1.87. The van der Waals surface area contributed by atoms with Crippen LogP contribution in [-0.2, 0) is 14.3 Å². The first-order valence-electron chi connectivity index (χ1n) is 10.2. The van der Waals surface area contributed by atoms with Crippen molar-refractivity contribution in [1.29, 1.82) is 5.26 Å². The number of para-hydroxylation sites is 1. The van der Waals surface area contributed by atoms with E-state index < -0.39 is 6.04 Å². The number of hydrogen-bond acceptors (Lipinski definition) is 6. The smallest absolute Gasteiger partial charge is 0.258 e. The lowest BCUT2D eigenvalue weighted by Gasteiger charge is -2.37. The standard InChI is InChI=1S/C22H29N3O5/c1-14-21(26)24(2)11-10-16-8-9-18(28-4)19(30-16)13-29-20-15(12-23)6-5-7-17(20)22(27)25(14)3/h5-7,14,16,18-19H,8-11,13H2,1-4H3/t14-,16-,18-,19+/m0/s1. The van der Waals surface area contributed by atoms with Gasteiger partial charge in [-0.2, -0.15) is 5.26 Å². The number of nitrogens with zero attached hydrogens (tertiary/aromatic N) is 3. The average molecular weight is 415 g/mol. The molecule has 1 saturated heterocycles. The minimum Gasteiger partial charge on any atom is -0.489 e. The third-order valence-electron chi connectivity index (χ3n) is 6.04. The fraction of sp³-hybridized carbons (Fsp3) is 0.591. The third-order valence-corrected chi connectivity index (χ3v) is 6.04. The molecule has 162 valence electrons. The molecule has 8 heteroatoms. The van der Waals surface area contributed by atoms with E-state index >= 15 is 0 Å². The molecule has 0 radical (unpaired) electrons. The molecule has 0 spiro atoms. The van der Waals surface area contributed by atoms with Crippen molar-refractivity contribution >= 4 is 11.8 Å². The molecule has 0 unspecified atom stereocenters. The Hall–Kier alpha value is -2.63. The topological polar surface area (TPSA) is 92.1 Å². The monoisotopic (exact) mass is 415 g/mol. The summed E-state index contributed by atoms with van der Waals surface area (Å²) in [7, 11) is 4.97. The Morgan fingerprint density at radius 1 is 1.20 bits per heavy atom. The number of hydrogen-bond donors (Lipinski definition) is 0. The van der Waals surface area contributed by atoms with E-state index in [1.165, 1.54) is 4.90 Å². The second kappa shape index (κ2) is 9.45. The number of carbonyl (C=O) groups excluding carboxylic acids is 2. The van der Waals surface area contributed by atoms with Gasteiger partial charge in [0.15, 0.2) is 0 Å². The van der Waals surface area contributed by atoms with Crippen LogP contribution in [0.4, 0.5) is 0 Å². The molecular weight excluding hydrogens is 386 g/mol. The lowest BCUT2D eigenvalue weighted by atomic mass is 9.99. The number of fused-ring (bicyclic) bond motifs is 3. The zero-order valence-electron chi connectivity index (χ0n) is 18.0. The molecule has 4 atom stereocenters. The van der Waals surface area contributed by atoms with Gasteiger partial charge in [-0.15, -0.1) is 0 Å². The first kappa shape index (κ1) is 22.1. The zero-order chi connectivity index (χ0) is 21.8. The predicted octanol–water partition coefficient (Wildman–Crippen LogP) is 1.82. The van der Waals surface area contributed by atoms with Gasteiger partial charge < -0.3 is 24.0 Å². The summed E-state index contributed by atoms with van der Waals surface area (Å²) >= 11 is 0. The largest absolute Gasteiger partial charge is 0.489 e. The molecule has 30 heavy (non-hydrogen) atoms. The summed E-state index contributed by atoms with van der Waals surface area (Å²) in [5.41, 5.74) is 0.510. The number of carbonyl (C=O) groups is 2. The molecule has 2 aliphatic heterocycles. The number of nitriles is 1. The van der Waals surface area contributed by atoms with Crippen molar-refractivity contribution in [2.24, 2.45) is 0 Å². The van der Waals surface area contributed by atoms with Gasteiger partial charge in [-0.1, -0.05) is 6.07 Å². The van der Waals surface area contributed by atoms with Crippen LogP contribution in [0.25, 0.3) is 0 Å². The molecule has 1 aromatic carbocycles. The first-order valence-corrected chi connectivity index (χ1v) is 10.2. The Balaban J connectivity index is 2.00. The van der Waals surface area contributed by atoms with E-state index in [1.54, 1.807) is 51.2 Å². The van der Waals surface area contributed by atoms with Crippen LogP contribution in [0.1, 0.15) is 42.1 Å². The van der Waals surface area contributed by atoms with Crippen LogP contribution in [0, 0.1) is 11.3 Å². The molecule has 2 heterocycles. The summed E-state index contributed by atoms with van der Waals surface area (Å²) in [6.45, 7) is 2.41. The number of rotatable bonds is 1. The lowest BCUT2D eigenvalue weighted by molar-refractivity contribution is -0.146. The summed E-state index contributed by atoms with van der Waals surface area (Å²) in [4.78, 5) is 29.1. The third kappa shape index (κ3) is 4.42. The van der Waals surface area contributed by atoms with E-state index in [9.17, 15) is 14.9 Å². The summed E-state index contributed by atoms with van der Waals surface area (Å²) in [6, 6.07) is 6.30. The van der Waals surface area contributed by atoms with Crippen LogP contribution in [0.2, 0.25) is 0 Å². The maximum absolute atomic E-state index is 13.2. The summed E-state index contributed by atoms with van der Waals surface area (Å²) in [5.74, 6) is -0.314. The molecule has 2 amide bonds. The first-order chi connectivity index (χ1) is 14.4. The number of methoxy groups -OCH3 is 1. The maximum atomic E-state index is 13.2. The van der Waals surface area contributed by atoms with Gasteiger partial charge in [0, 0.05) is 27.7 Å². The van der Waals surface area contributed by atoms with E-state index in [0.29, 0.717) is 13.0 Å². The van der Waals surface area contributed by atoms with Gasteiger partial charge in [-0.05, 0) is 38.3 Å². The highest BCUT2D eigenvalue weighted by atomic mass is 16.6. The van der Waals surface area contributed by atoms with Crippen molar-refractivity contribution in [3.63, 3.8) is 0 Å². The molecule has 2 bridgehead atoms. The number of ether oxygens (including phenoxy) is 3. The maximum Gasteiger partial charge on any atom is 0.258 e. The molecule has 3 rings (SSSR count). The van der Waals surface area contributed by atoms with Gasteiger partial charge in [0.2, 0.25) is 5.91 Å². The van der Waals surface area contributed by atoms with Gasteiger partial charge in [-0.25, -0.2) is 0 Å². The molecule has 1 aromatic rings. The van der Waals surface area contributed by atoms with E-state index in [2.05, 4.69) is 6.07 Å². The SMILES string of the molecule is CO[C@H]1CC[C@H]2CCN(C)C(=O)[C@H](C)N(C)C(=O)c3cccc(C#N)c3OC[C@H]1O2. The van der Waals surface area contributed by atoms with Crippen LogP contribution in [0.5, 0.6) is 5.75 Å². The van der Waals surface area contributed by atoms with Crippen LogP contribution < -0.4 is 4.74 Å². The normalized spacial score (nSPS) is 28.2. The van der Waals surface area contributed by atoms with Gasteiger partial charge in [0.1, 0.15) is 30.6 Å². The Morgan fingerprint density at radius 3 is 2.67 bits per heavy atom. The quantitative estimate of drug-likeness (QED) is 0.695. The molecule has 0 aromatic heterocycles. The summed E-state index contributed by atoms with van der Waals surface area (Å²) < 4.78 is 17.8. The fourth-order valence-corrected chi connectivity index (χ4v) is 3.98. The van der Waals surface area contributed by atoms with Crippen molar-refractivity contribution in [3.05, 3.63) is 29.3 Å². The van der Waals surface area contributed by atoms with Crippen molar-refractivity contribution in [3.8, 4) is 11.8 Å². The van der Waals surface area contributed by atoms with Crippen LogP contribution in [0.15, 0.2) is 18.2 Å². The highest BCUT2D eigenvalue weighted by molar-refractivity contribution is 6.00. The van der Waals surface area contributed by atoms with E-state index in [0.717, 1.165) is 12.8 Å². The predicted molar refractivity (Wildman–Crippen MR) is 109 cm³/mol. The fourth-order valence-electron chi connectivity index (χ4n) is 3.98. The van der Waals surface area contributed by atoms with Gasteiger partial charge in [-0.3, -0.25) is 9.59 Å². The van der Waals surface area contributed by atoms with E-state index in [1.807, 2.05) is 0 Å². The Labute approximate surface area is 177 Å². The summed E-state index contributed by atoms with van der Waals surface area (Å²) in [5, 5.41) is 9.55. The number of amides is 2. The molecule has 0 N–H and O–H groups in total. The lowest BCUT2D eigenvalue weighted by Crippen LogP contribution is -2.48. The van der Waals surface area contributed by atoms with Crippen molar-refractivity contribution in [2.75, 3.05) is 34.4 Å². The average Bonchev–Trinajstić information content (AvgIpc) is 2.78. The number of likely N-dealkylation sites (N-methyl/N-ethyl adjacent to an activating group) is 2. The molecule has 2 aliphatic rings. The minimum absolute atomic E-state index is 0.0106. The van der Waals surface area contributed by atoms with Gasteiger partial charge in [0.05, 0.1) is 23.3 Å². The van der Waals surface area contributed by atoms with Crippen LogP contribution >= 0.6 is 0 Å². The zero-order valence-corrected chi connectivity index (χ0v) is 18.0. The molecule has 0 aliphatic carbocycles. The molecule has 1 fully saturated rings. The van der Waals surface area contributed by atoms with Crippen LogP contribution in [0.3, 0.4) is 0 Å². The Bertz CT molecular complexity index is 837. The highest BCUT2D eigenvalue weighted by Gasteiger charge is 2.34. The second-order valence-corrected chi connectivity index (χ2v) is 7.89. The highest BCUT2D eigenvalue weighted by Crippen LogP contribution is 2.29. The van der Waals surface area contributed by atoms with Crippen molar-refractivity contribution in [2.45, 2.75) is 50.5 Å². The van der Waals surface area contributed by atoms with E-state index in [4.69, 9.17) is 14.2 Å².